The monoisotopic (exact) mass is 996 g/mol. The van der Waals surface area contributed by atoms with Crippen LogP contribution in [0, 0.1) is 17.8 Å². The molecule has 3 aliphatic heterocycles. The summed E-state index contributed by atoms with van der Waals surface area (Å²) in [5.41, 5.74) is 10.2. The number of hydrazine groups is 1. The van der Waals surface area contributed by atoms with Crippen molar-refractivity contribution in [2.75, 3.05) is 7.11 Å². The third-order valence-electron chi connectivity index (χ3n) is 12.5. The highest BCUT2D eigenvalue weighted by atomic mass is 16.7. The fraction of sp³-hybridized carbons (Fsp3) is 0.653. The minimum absolute atomic E-state index is 0.123. The predicted octanol–water partition coefficient (Wildman–Crippen LogP) is 0.0143. The van der Waals surface area contributed by atoms with E-state index < -0.39 is 153 Å². The van der Waals surface area contributed by atoms with Crippen molar-refractivity contribution in [2.24, 2.45) is 23.5 Å². The molecule has 0 radical (unpaired) electrons. The summed E-state index contributed by atoms with van der Waals surface area (Å²) in [6.07, 6.45) is 1.93. The number of rotatable bonds is 3. The molecule has 19 atom stereocenters. The van der Waals surface area contributed by atoms with Crippen molar-refractivity contribution in [2.45, 2.75) is 177 Å². The number of aliphatic hydroxyl groups is 10. The van der Waals surface area contributed by atoms with Gasteiger partial charge in [-0.2, -0.15) is 0 Å². The van der Waals surface area contributed by atoms with Crippen molar-refractivity contribution >= 4 is 18.0 Å². The highest BCUT2D eigenvalue weighted by Crippen LogP contribution is 2.38. The van der Waals surface area contributed by atoms with E-state index in [0.29, 0.717) is 0 Å². The Bertz CT molecular complexity index is 1830. The lowest BCUT2D eigenvalue weighted by molar-refractivity contribution is -0.307. The number of cyclic esters (lactones) is 1. The van der Waals surface area contributed by atoms with Crippen LogP contribution in [-0.2, 0) is 33.3 Å². The van der Waals surface area contributed by atoms with Crippen molar-refractivity contribution in [1.29, 1.82) is 0 Å². The Hall–Kier alpha value is -4.17. The number of fused-ring (bicyclic) bond motifs is 2. The number of methoxy groups -OCH3 is 1. The van der Waals surface area contributed by atoms with Crippen LogP contribution >= 0.6 is 0 Å². The van der Waals surface area contributed by atoms with E-state index in [-0.39, 0.29) is 31.6 Å². The second kappa shape index (κ2) is 30.0. The van der Waals surface area contributed by atoms with Crippen molar-refractivity contribution in [3.8, 4) is 0 Å². The summed E-state index contributed by atoms with van der Waals surface area (Å²) in [7, 11) is 1.06. The summed E-state index contributed by atoms with van der Waals surface area (Å²) in [4.78, 5) is 38.0. The fourth-order valence-corrected chi connectivity index (χ4v) is 8.24. The van der Waals surface area contributed by atoms with E-state index >= 15 is 0 Å². The van der Waals surface area contributed by atoms with Crippen LogP contribution in [0.4, 0.5) is 4.79 Å². The molecule has 2 fully saturated rings. The van der Waals surface area contributed by atoms with Gasteiger partial charge in [0, 0.05) is 37.5 Å². The van der Waals surface area contributed by atoms with E-state index in [9.17, 15) is 65.4 Å². The van der Waals surface area contributed by atoms with Gasteiger partial charge in [-0.25, -0.2) is 10.2 Å². The van der Waals surface area contributed by atoms with Crippen LogP contribution in [0.1, 0.15) is 79.1 Å². The summed E-state index contributed by atoms with van der Waals surface area (Å²) < 4.78 is 28.0. The molecule has 21 nitrogen and oxygen atoms in total. The minimum Gasteiger partial charge on any atom is -0.462 e. The van der Waals surface area contributed by atoms with Gasteiger partial charge in [0.15, 0.2) is 12.1 Å². The predicted molar refractivity (Wildman–Crippen MR) is 253 cm³/mol. The Balaban J connectivity index is 1.93. The van der Waals surface area contributed by atoms with Crippen molar-refractivity contribution in [3.63, 3.8) is 0 Å². The fourth-order valence-electron chi connectivity index (χ4n) is 8.24. The van der Waals surface area contributed by atoms with Crippen LogP contribution in [0.25, 0.3) is 0 Å². The van der Waals surface area contributed by atoms with Crippen molar-refractivity contribution in [3.05, 3.63) is 85.1 Å². The first-order chi connectivity index (χ1) is 33.0. The first kappa shape index (κ1) is 60.1. The zero-order valence-electron chi connectivity index (χ0n) is 40.4. The molecule has 70 heavy (non-hydrogen) atoms. The second-order valence-electron chi connectivity index (χ2n) is 18.3. The number of carbonyl (C=O) groups is 3. The first-order valence-electron chi connectivity index (χ1n) is 23.7. The molecule has 3 heterocycles. The molecular weight excluding hydrogens is 919 g/mol. The SMILES string of the molecule is COC(=O)NNC(=O)[C@H]1[C@@H]2C[C@@H](O[C@@H]3O[C@H](C)[C@@H](O)[C@H](N)[C@@H]3O)/C=C/C=C/C=C/C=C/C=C/C=C/C=C/[C@H](C)[C@@H](O)[C@@H](C)[C@H](C)OC(=O)C[C@H](O)C[C@H](O)CC[C@@H](O)[C@H](O)C[C@H](O)C[C@](O)(C[C@@H]1O)O2. The molecule has 0 saturated carbocycles. The Morgan fingerprint density at radius 2 is 1.26 bits per heavy atom. The average molecular weight is 996 g/mol. The molecule has 396 valence electrons. The number of amides is 2. The Labute approximate surface area is 409 Å². The number of hydrogen-bond donors (Lipinski definition) is 13. The zero-order chi connectivity index (χ0) is 52.1. The minimum atomic E-state index is -2.37. The standard InChI is InChI=1S/C49H77N3O18/c1-28-18-16-14-12-10-8-6-7-9-11-13-15-17-19-35(69-47-45(62)42(50)44(61)31(4)68-47)25-39-41(46(63)51-52-48(64)66-5)38(58)27-49(65,70-39)26-34(55)23-37(57)36(56)21-20-32(53)22-33(54)24-40(59)67-30(3)29(2)43(28)60/h6-19,28-39,41-45,47,53-58,60-62,65H,20-27,50H2,1-5H3,(H,51,63)(H,52,64)/b7-6+,10-8+,11-9+,14-12+,15-13+,18-16+,19-17+/t28-,29-,30-,31+,32+,33+,34-,35-,36+,37+,38-,39-,41+,42-,43+,44+,45-,47-,49+/m0/s1. The van der Waals surface area contributed by atoms with Gasteiger partial charge in [0.25, 0.3) is 0 Å². The number of aliphatic hydroxyl groups excluding tert-OH is 9. The maximum Gasteiger partial charge on any atom is 0.425 e. The quantitative estimate of drug-likeness (QED) is 0.131. The van der Waals surface area contributed by atoms with Gasteiger partial charge in [-0.15, -0.1) is 0 Å². The topological polar surface area (TPSA) is 350 Å². The van der Waals surface area contributed by atoms with Gasteiger partial charge >= 0.3 is 12.1 Å². The lowest BCUT2D eigenvalue weighted by Gasteiger charge is -2.46. The van der Waals surface area contributed by atoms with Crippen molar-refractivity contribution in [1.82, 2.24) is 10.9 Å². The molecule has 0 aromatic rings. The molecule has 21 heteroatoms. The van der Waals surface area contributed by atoms with E-state index in [4.69, 9.17) is 24.7 Å². The van der Waals surface area contributed by atoms with Gasteiger partial charge in [0.1, 0.15) is 12.2 Å². The molecule has 2 amide bonds. The third-order valence-corrected chi connectivity index (χ3v) is 12.5. The van der Waals surface area contributed by atoms with Crippen LogP contribution in [0.15, 0.2) is 85.1 Å². The van der Waals surface area contributed by atoms with Gasteiger partial charge in [0.2, 0.25) is 5.91 Å². The molecule has 0 spiro atoms. The molecule has 14 N–H and O–H groups in total. The number of allylic oxidation sites excluding steroid dienone is 12. The van der Waals surface area contributed by atoms with E-state index in [1.165, 1.54) is 13.0 Å². The molecule has 3 aliphatic rings. The highest BCUT2D eigenvalue weighted by Gasteiger charge is 2.51. The van der Waals surface area contributed by atoms with Crippen LogP contribution < -0.4 is 16.6 Å². The Morgan fingerprint density at radius 1 is 0.671 bits per heavy atom. The first-order valence-corrected chi connectivity index (χ1v) is 23.7. The molecule has 2 saturated heterocycles. The number of nitrogens with two attached hydrogens (primary N) is 1. The average Bonchev–Trinajstić information content (AvgIpc) is 3.29. The van der Waals surface area contributed by atoms with E-state index in [1.54, 1.807) is 86.8 Å². The number of hydrogen-bond acceptors (Lipinski definition) is 19. The normalized spacial score (nSPS) is 42.9. The van der Waals surface area contributed by atoms with Gasteiger partial charge in [-0.3, -0.25) is 15.0 Å². The molecule has 0 aliphatic carbocycles. The van der Waals surface area contributed by atoms with Crippen LogP contribution in [0.2, 0.25) is 0 Å². The lowest BCUT2D eigenvalue weighted by Crippen LogP contribution is -2.62. The zero-order valence-corrected chi connectivity index (χ0v) is 40.4. The maximum atomic E-state index is 13.5. The van der Waals surface area contributed by atoms with Crippen LogP contribution in [0.5, 0.6) is 0 Å². The molecule has 2 bridgehead atoms. The summed E-state index contributed by atoms with van der Waals surface area (Å²) in [6, 6.07) is -1.17. The molecule has 0 aromatic carbocycles. The van der Waals surface area contributed by atoms with Gasteiger partial charge in [0.05, 0.1) is 92.6 Å². The summed E-state index contributed by atoms with van der Waals surface area (Å²) in [5, 5.41) is 109. The number of carbonyl (C=O) groups excluding carboxylic acids is 3. The summed E-state index contributed by atoms with van der Waals surface area (Å²) in [6.45, 7) is 6.73. The lowest BCUT2D eigenvalue weighted by atomic mass is 9.82. The van der Waals surface area contributed by atoms with E-state index in [2.05, 4.69) is 10.2 Å². The molecule has 0 unspecified atom stereocenters. The summed E-state index contributed by atoms with van der Waals surface area (Å²) >= 11 is 0. The third kappa shape index (κ3) is 20.1. The van der Waals surface area contributed by atoms with E-state index in [0.717, 1.165) is 7.11 Å². The van der Waals surface area contributed by atoms with Crippen LogP contribution in [0.3, 0.4) is 0 Å². The van der Waals surface area contributed by atoms with Crippen LogP contribution in [-0.4, -0.2) is 174 Å². The Morgan fingerprint density at radius 3 is 1.86 bits per heavy atom. The second-order valence-corrected chi connectivity index (χ2v) is 18.3. The number of ether oxygens (including phenoxy) is 5. The smallest absolute Gasteiger partial charge is 0.425 e. The van der Waals surface area contributed by atoms with Gasteiger partial charge < -0.3 is 80.5 Å². The molecule has 3 rings (SSSR count). The van der Waals surface area contributed by atoms with E-state index in [1.807, 2.05) is 18.4 Å². The Kier molecular flexibility index (Phi) is 25.8. The number of esters is 1. The van der Waals surface area contributed by atoms with Gasteiger partial charge in [-0.05, 0) is 33.1 Å². The summed E-state index contributed by atoms with van der Waals surface area (Å²) in [5.74, 6) is -6.34. The van der Waals surface area contributed by atoms with Gasteiger partial charge in [-0.1, -0.05) is 98.9 Å². The highest BCUT2D eigenvalue weighted by molar-refractivity contribution is 5.82. The molecule has 0 aromatic heterocycles. The molecular formula is C49H77N3O18. The van der Waals surface area contributed by atoms with Crippen molar-refractivity contribution < 1.29 is 89.1 Å². The largest absolute Gasteiger partial charge is 0.462 e. The number of nitrogens with one attached hydrogen (secondary N) is 2. The maximum absolute atomic E-state index is 13.5.